The molecule has 1 atom stereocenters. The summed E-state index contributed by atoms with van der Waals surface area (Å²) in [5.74, 6) is -0.0206. The van der Waals surface area contributed by atoms with Gasteiger partial charge in [0.1, 0.15) is 6.04 Å². The summed E-state index contributed by atoms with van der Waals surface area (Å²) in [6.07, 6.45) is 3.63. The third-order valence-electron chi connectivity index (χ3n) is 2.79. The lowest BCUT2D eigenvalue weighted by molar-refractivity contribution is -0.138. The Morgan fingerprint density at radius 2 is 1.92 bits per heavy atom. The summed E-state index contributed by atoms with van der Waals surface area (Å²) in [6, 6.07) is -0.326. The zero-order chi connectivity index (χ0) is 9.42. The lowest BCUT2D eigenvalue weighted by atomic mass is 10.2. The molecular formula is C9H14N2O2. The fourth-order valence-electron chi connectivity index (χ4n) is 1.89. The second-order valence-electron chi connectivity index (χ2n) is 3.87. The predicted molar refractivity (Wildman–Crippen MR) is 46.7 cm³/mol. The molecule has 2 aliphatic rings. The molecule has 2 fully saturated rings. The van der Waals surface area contributed by atoms with Crippen LogP contribution in [0.1, 0.15) is 25.7 Å². The number of carbonyl (C=O) groups is 2. The quantitative estimate of drug-likeness (QED) is 0.646. The molecule has 13 heavy (non-hydrogen) atoms. The molecule has 1 aliphatic carbocycles. The molecule has 0 aromatic carbocycles. The van der Waals surface area contributed by atoms with Gasteiger partial charge in [-0.05, 0) is 25.7 Å². The van der Waals surface area contributed by atoms with Crippen LogP contribution in [0.2, 0.25) is 0 Å². The Labute approximate surface area is 77.1 Å². The van der Waals surface area contributed by atoms with Crippen molar-refractivity contribution in [2.24, 2.45) is 11.7 Å². The molecule has 2 N–H and O–H groups in total. The molecule has 4 heteroatoms. The number of carbonyl (C=O) groups excluding carboxylic acids is 2. The highest BCUT2D eigenvalue weighted by molar-refractivity contribution is 5.89. The minimum Gasteiger partial charge on any atom is -0.368 e. The standard InChI is InChI=1S/C9H14N2O2/c10-8(12)7-2-1-5-11(7)9(13)6-3-4-6/h6-7H,1-5H2,(H2,10,12). The molecule has 1 saturated carbocycles. The minimum absolute atomic E-state index is 0.140. The maximum Gasteiger partial charge on any atom is 0.240 e. The number of nitrogens with two attached hydrogens (primary N) is 1. The average Bonchev–Trinajstić information content (AvgIpc) is 2.80. The molecule has 0 spiro atoms. The smallest absolute Gasteiger partial charge is 0.240 e. The van der Waals surface area contributed by atoms with Crippen molar-refractivity contribution < 1.29 is 9.59 Å². The van der Waals surface area contributed by atoms with E-state index in [0.29, 0.717) is 6.54 Å². The third kappa shape index (κ3) is 1.53. The molecule has 1 saturated heterocycles. The van der Waals surface area contributed by atoms with Gasteiger partial charge < -0.3 is 10.6 Å². The highest BCUT2D eigenvalue weighted by atomic mass is 16.2. The molecule has 0 radical (unpaired) electrons. The van der Waals surface area contributed by atoms with Crippen molar-refractivity contribution in [3.05, 3.63) is 0 Å². The van der Waals surface area contributed by atoms with E-state index in [-0.39, 0.29) is 23.8 Å². The second kappa shape index (κ2) is 3.01. The largest absolute Gasteiger partial charge is 0.368 e. The Morgan fingerprint density at radius 1 is 1.23 bits per heavy atom. The zero-order valence-electron chi connectivity index (χ0n) is 7.53. The molecule has 1 heterocycles. The topological polar surface area (TPSA) is 63.4 Å². The summed E-state index contributed by atoms with van der Waals surface area (Å²) in [5.41, 5.74) is 5.21. The number of rotatable bonds is 2. The minimum atomic E-state index is -0.355. The molecule has 4 nitrogen and oxygen atoms in total. The fourth-order valence-corrected chi connectivity index (χ4v) is 1.89. The van der Waals surface area contributed by atoms with Gasteiger partial charge in [-0.3, -0.25) is 9.59 Å². The summed E-state index contributed by atoms with van der Waals surface area (Å²) in [5, 5.41) is 0. The van der Waals surface area contributed by atoms with Crippen molar-refractivity contribution in [1.29, 1.82) is 0 Å². The summed E-state index contributed by atoms with van der Waals surface area (Å²) in [4.78, 5) is 24.3. The van der Waals surface area contributed by atoms with Gasteiger partial charge in [0.15, 0.2) is 0 Å². The Bertz CT molecular complexity index is 248. The maximum atomic E-state index is 11.6. The van der Waals surface area contributed by atoms with Crippen LogP contribution in [0.4, 0.5) is 0 Å². The summed E-state index contributed by atoms with van der Waals surface area (Å²) >= 11 is 0. The van der Waals surface area contributed by atoms with Crippen LogP contribution in [0, 0.1) is 5.92 Å². The first-order valence-corrected chi connectivity index (χ1v) is 4.80. The molecule has 2 rings (SSSR count). The lowest BCUT2D eigenvalue weighted by Gasteiger charge is -2.21. The molecule has 72 valence electrons. The van der Waals surface area contributed by atoms with Gasteiger partial charge in [0, 0.05) is 12.5 Å². The number of primary amides is 1. The average molecular weight is 182 g/mol. The van der Waals surface area contributed by atoms with E-state index in [1.165, 1.54) is 0 Å². The first-order chi connectivity index (χ1) is 6.20. The van der Waals surface area contributed by atoms with Crippen LogP contribution in [0.25, 0.3) is 0 Å². The van der Waals surface area contributed by atoms with Crippen molar-refractivity contribution >= 4 is 11.8 Å². The van der Waals surface area contributed by atoms with E-state index < -0.39 is 0 Å². The van der Waals surface area contributed by atoms with Gasteiger partial charge in [0.25, 0.3) is 0 Å². The molecular weight excluding hydrogens is 168 g/mol. The van der Waals surface area contributed by atoms with Crippen molar-refractivity contribution in [3.63, 3.8) is 0 Å². The Balaban J connectivity index is 2.03. The van der Waals surface area contributed by atoms with E-state index in [1.807, 2.05) is 0 Å². The van der Waals surface area contributed by atoms with Gasteiger partial charge in [0.05, 0.1) is 0 Å². The van der Waals surface area contributed by atoms with Crippen LogP contribution in [0.15, 0.2) is 0 Å². The van der Waals surface area contributed by atoms with Crippen molar-refractivity contribution in [2.45, 2.75) is 31.7 Å². The van der Waals surface area contributed by atoms with Gasteiger partial charge in [0.2, 0.25) is 11.8 Å². The first kappa shape index (κ1) is 8.53. The summed E-state index contributed by atoms with van der Waals surface area (Å²) in [7, 11) is 0. The molecule has 0 aromatic heterocycles. The van der Waals surface area contributed by atoms with Crippen LogP contribution in [0.3, 0.4) is 0 Å². The normalized spacial score (nSPS) is 27.7. The second-order valence-corrected chi connectivity index (χ2v) is 3.87. The molecule has 0 bridgehead atoms. The van der Waals surface area contributed by atoms with E-state index in [9.17, 15) is 9.59 Å². The summed E-state index contributed by atoms with van der Waals surface area (Å²) in [6.45, 7) is 0.711. The molecule has 1 aliphatic heterocycles. The highest BCUT2D eigenvalue weighted by Crippen LogP contribution is 2.33. The van der Waals surface area contributed by atoms with Crippen LogP contribution < -0.4 is 5.73 Å². The van der Waals surface area contributed by atoms with E-state index >= 15 is 0 Å². The lowest BCUT2D eigenvalue weighted by Crippen LogP contribution is -2.44. The van der Waals surface area contributed by atoms with Crippen molar-refractivity contribution in [3.8, 4) is 0 Å². The van der Waals surface area contributed by atoms with Crippen LogP contribution >= 0.6 is 0 Å². The van der Waals surface area contributed by atoms with Gasteiger partial charge in [-0.2, -0.15) is 0 Å². The number of hydrogen-bond acceptors (Lipinski definition) is 2. The SMILES string of the molecule is NC(=O)C1CCCN1C(=O)C1CC1. The van der Waals surface area contributed by atoms with Crippen LogP contribution in [-0.4, -0.2) is 29.3 Å². The molecule has 1 unspecified atom stereocenters. The van der Waals surface area contributed by atoms with Crippen molar-refractivity contribution in [1.82, 2.24) is 4.90 Å². The van der Waals surface area contributed by atoms with E-state index in [4.69, 9.17) is 5.73 Å². The summed E-state index contributed by atoms with van der Waals surface area (Å²) < 4.78 is 0. The van der Waals surface area contributed by atoms with Gasteiger partial charge in [-0.25, -0.2) is 0 Å². The van der Waals surface area contributed by atoms with Gasteiger partial charge >= 0.3 is 0 Å². The van der Waals surface area contributed by atoms with Crippen LogP contribution in [-0.2, 0) is 9.59 Å². The van der Waals surface area contributed by atoms with E-state index in [2.05, 4.69) is 0 Å². The Hall–Kier alpha value is -1.06. The van der Waals surface area contributed by atoms with E-state index in [1.54, 1.807) is 4.90 Å². The molecule has 0 aromatic rings. The number of amides is 2. The zero-order valence-corrected chi connectivity index (χ0v) is 7.53. The Morgan fingerprint density at radius 3 is 2.46 bits per heavy atom. The van der Waals surface area contributed by atoms with E-state index in [0.717, 1.165) is 25.7 Å². The highest BCUT2D eigenvalue weighted by Gasteiger charge is 2.39. The van der Waals surface area contributed by atoms with Crippen LogP contribution in [0.5, 0.6) is 0 Å². The molecule has 2 amide bonds. The predicted octanol–water partition coefficient (Wildman–Crippen LogP) is -0.127. The monoisotopic (exact) mass is 182 g/mol. The number of likely N-dealkylation sites (tertiary alicyclic amines) is 1. The van der Waals surface area contributed by atoms with Gasteiger partial charge in [-0.1, -0.05) is 0 Å². The first-order valence-electron chi connectivity index (χ1n) is 4.80. The fraction of sp³-hybridized carbons (Fsp3) is 0.778. The number of nitrogens with zero attached hydrogens (tertiary/aromatic N) is 1. The Kier molecular flexibility index (Phi) is 1.98. The number of hydrogen-bond donors (Lipinski definition) is 1. The third-order valence-corrected chi connectivity index (χ3v) is 2.79. The maximum absolute atomic E-state index is 11.6. The van der Waals surface area contributed by atoms with Crippen molar-refractivity contribution in [2.75, 3.05) is 6.54 Å². The van der Waals surface area contributed by atoms with Gasteiger partial charge in [-0.15, -0.1) is 0 Å².